The predicted molar refractivity (Wildman–Crippen MR) is 121 cm³/mol. The lowest BCUT2D eigenvalue weighted by molar-refractivity contribution is -0.111. The molecule has 158 valence electrons. The SMILES string of the molecule is CCCCCCC=NN=CCCCCCC.O=CC1CCCCCCCC1. The number of hydrogen-bond donors (Lipinski definition) is 0. The second-order valence-electron chi connectivity index (χ2n) is 7.89. The molecule has 0 spiro atoms. The minimum Gasteiger partial charge on any atom is -0.303 e. The smallest absolute Gasteiger partial charge is 0.123 e. The number of rotatable bonds is 12. The number of carbonyl (C=O) groups excluding carboxylic acids is 1. The average molecular weight is 379 g/mol. The summed E-state index contributed by atoms with van der Waals surface area (Å²) in [5, 5.41) is 8.06. The fraction of sp³-hybridized carbons (Fsp3) is 0.875. The molecule has 1 rings (SSSR count). The first kappa shape index (κ1) is 26.0. The number of carbonyl (C=O) groups is 1. The van der Waals surface area contributed by atoms with E-state index in [2.05, 4.69) is 24.1 Å². The summed E-state index contributed by atoms with van der Waals surface area (Å²) in [7, 11) is 0. The highest BCUT2D eigenvalue weighted by Gasteiger charge is 2.08. The van der Waals surface area contributed by atoms with E-state index in [9.17, 15) is 4.79 Å². The Morgan fingerprint density at radius 3 is 1.52 bits per heavy atom. The van der Waals surface area contributed by atoms with Gasteiger partial charge in [-0.2, -0.15) is 10.2 Å². The monoisotopic (exact) mass is 378 g/mol. The van der Waals surface area contributed by atoms with Crippen LogP contribution in [0.5, 0.6) is 0 Å². The van der Waals surface area contributed by atoms with Gasteiger partial charge in [-0.3, -0.25) is 0 Å². The fourth-order valence-corrected chi connectivity index (χ4v) is 3.34. The van der Waals surface area contributed by atoms with Crippen molar-refractivity contribution in [3.8, 4) is 0 Å². The van der Waals surface area contributed by atoms with Gasteiger partial charge in [0.15, 0.2) is 0 Å². The zero-order valence-electron chi connectivity index (χ0n) is 18.3. The highest BCUT2D eigenvalue weighted by molar-refractivity contribution is 5.61. The third kappa shape index (κ3) is 21.2. The molecule has 0 aromatic carbocycles. The molecule has 1 aliphatic carbocycles. The molecule has 0 atom stereocenters. The molecule has 0 aliphatic heterocycles. The number of aldehydes is 1. The standard InChI is InChI=1S/C14H28N2.C10H18O/c1-3-5-7-9-11-13-15-16-14-12-10-8-6-4-2;11-9-10-7-5-3-1-2-4-6-8-10/h13-14H,3-12H2,1-2H3;9-10H,1-8H2. The van der Waals surface area contributed by atoms with E-state index < -0.39 is 0 Å². The third-order valence-corrected chi connectivity index (χ3v) is 5.20. The lowest BCUT2D eigenvalue weighted by Gasteiger charge is -2.05. The Morgan fingerprint density at radius 2 is 1.11 bits per heavy atom. The summed E-state index contributed by atoms with van der Waals surface area (Å²) in [5.41, 5.74) is 0. The molecule has 0 bridgehead atoms. The molecular formula is C24H46N2O. The highest BCUT2D eigenvalue weighted by Crippen LogP contribution is 2.19. The van der Waals surface area contributed by atoms with E-state index in [1.807, 2.05) is 12.4 Å². The van der Waals surface area contributed by atoms with E-state index in [4.69, 9.17) is 0 Å². The Balaban J connectivity index is 0.000000533. The number of unbranched alkanes of at least 4 members (excludes halogenated alkanes) is 8. The summed E-state index contributed by atoms with van der Waals surface area (Å²) < 4.78 is 0. The lowest BCUT2D eigenvalue weighted by Crippen LogP contribution is -2.00. The van der Waals surface area contributed by atoms with Crippen LogP contribution in [0.3, 0.4) is 0 Å². The van der Waals surface area contributed by atoms with Crippen molar-refractivity contribution in [3.05, 3.63) is 0 Å². The minimum absolute atomic E-state index is 0.382. The molecular weight excluding hydrogens is 332 g/mol. The largest absolute Gasteiger partial charge is 0.303 e. The molecule has 0 aromatic heterocycles. The maximum absolute atomic E-state index is 10.5. The summed E-state index contributed by atoms with van der Waals surface area (Å²) >= 11 is 0. The molecule has 0 radical (unpaired) electrons. The van der Waals surface area contributed by atoms with Crippen molar-refractivity contribution in [3.63, 3.8) is 0 Å². The van der Waals surface area contributed by atoms with E-state index >= 15 is 0 Å². The van der Waals surface area contributed by atoms with Gasteiger partial charge in [-0.25, -0.2) is 0 Å². The first-order chi connectivity index (χ1) is 13.3. The molecule has 0 heterocycles. The summed E-state index contributed by atoms with van der Waals surface area (Å²) in [6, 6.07) is 0. The van der Waals surface area contributed by atoms with Gasteiger partial charge in [-0.05, 0) is 38.5 Å². The van der Waals surface area contributed by atoms with Crippen LogP contribution < -0.4 is 0 Å². The Bertz CT molecular complexity index is 322. The maximum atomic E-state index is 10.5. The van der Waals surface area contributed by atoms with Crippen molar-refractivity contribution in [1.29, 1.82) is 0 Å². The molecule has 1 aliphatic rings. The van der Waals surface area contributed by atoms with Crippen molar-refractivity contribution in [2.75, 3.05) is 0 Å². The lowest BCUT2D eigenvalue weighted by atomic mass is 9.99. The van der Waals surface area contributed by atoms with Gasteiger partial charge in [0.05, 0.1) is 0 Å². The van der Waals surface area contributed by atoms with Gasteiger partial charge in [-0.1, -0.05) is 90.9 Å². The van der Waals surface area contributed by atoms with Crippen molar-refractivity contribution >= 4 is 18.7 Å². The van der Waals surface area contributed by atoms with Crippen molar-refractivity contribution < 1.29 is 4.79 Å². The molecule has 3 heteroatoms. The van der Waals surface area contributed by atoms with Crippen LogP contribution in [0.2, 0.25) is 0 Å². The quantitative estimate of drug-likeness (QED) is 0.147. The average Bonchev–Trinajstić information content (AvgIpc) is 2.83. The van der Waals surface area contributed by atoms with Crippen LogP contribution in [0.15, 0.2) is 10.2 Å². The molecule has 0 N–H and O–H groups in total. The molecule has 1 fully saturated rings. The van der Waals surface area contributed by atoms with Gasteiger partial charge in [0, 0.05) is 18.3 Å². The van der Waals surface area contributed by atoms with E-state index in [-0.39, 0.29) is 0 Å². The van der Waals surface area contributed by atoms with Gasteiger partial charge in [0.2, 0.25) is 0 Å². The van der Waals surface area contributed by atoms with Crippen LogP contribution in [0.1, 0.15) is 129 Å². The molecule has 1 saturated carbocycles. The highest BCUT2D eigenvalue weighted by atomic mass is 16.1. The Kier molecular flexibility index (Phi) is 22.2. The topological polar surface area (TPSA) is 41.8 Å². The zero-order valence-corrected chi connectivity index (χ0v) is 18.3. The van der Waals surface area contributed by atoms with Gasteiger partial charge >= 0.3 is 0 Å². The van der Waals surface area contributed by atoms with Gasteiger partial charge < -0.3 is 4.79 Å². The molecule has 0 amide bonds. The van der Waals surface area contributed by atoms with E-state index in [0.29, 0.717) is 5.92 Å². The Labute approximate surface area is 169 Å². The van der Waals surface area contributed by atoms with Crippen LogP contribution in [0.25, 0.3) is 0 Å². The van der Waals surface area contributed by atoms with E-state index in [0.717, 1.165) is 32.0 Å². The summed E-state index contributed by atoms with van der Waals surface area (Å²) in [6.45, 7) is 4.47. The zero-order chi connectivity index (χ0) is 19.8. The summed E-state index contributed by atoms with van der Waals surface area (Å²) in [5.74, 6) is 0.382. The van der Waals surface area contributed by atoms with Gasteiger partial charge in [0.25, 0.3) is 0 Å². The van der Waals surface area contributed by atoms with Crippen molar-refractivity contribution in [2.45, 2.75) is 129 Å². The number of hydrogen-bond acceptors (Lipinski definition) is 3. The van der Waals surface area contributed by atoms with E-state index in [1.54, 1.807) is 0 Å². The predicted octanol–water partition coefficient (Wildman–Crippen LogP) is 7.92. The molecule has 3 nitrogen and oxygen atoms in total. The second-order valence-corrected chi connectivity index (χ2v) is 7.89. The van der Waals surface area contributed by atoms with Gasteiger partial charge in [-0.15, -0.1) is 0 Å². The fourth-order valence-electron chi connectivity index (χ4n) is 3.34. The van der Waals surface area contributed by atoms with Crippen LogP contribution in [-0.4, -0.2) is 18.7 Å². The first-order valence-electron chi connectivity index (χ1n) is 11.8. The van der Waals surface area contributed by atoms with Crippen LogP contribution in [0.4, 0.5) is 0 Å². The number of nitrogens with zero attached hydrogens (tertiary/aromatic N) is 2. The Hall–Kier alpha value is -0.990. The molecule has 0 aromatic rings. The second kappa shape index (κ2) is 23.0. The molecule has 0 unspecified atom stereocenters. The molecule has 0 saturated heterocycles. The molecule has 27 heavy (non-hydrogen) atoms. The normalized spacial score (nSPS) is 16.5. The maximum Gasteiger partial charge on any atom is 0.123 e. The van der Waals surface area contributed by atoms with Crippen LogP contribution in [0, 0.1) is 5.92 Å². The van der Waals surface area contributed by atoms with E-state index in [1.165, 1.54) is 89.9 Å². The Morgan fingerprint density at radius 1 is 0.667 bits per heavy atom. The van der Waals surface area contributed by atoms with Crippen LogP contribution in [-0.2, 0) is 4.79 Å². The van der Waals surface area contributed by atoms with Crippen molar-refractivity contribution in [2.24, 2.45) is 16.1 Å². The van der Waals surface area contributed by atoms with Crippen LogP contribution >= 0.6 is 0 Å². The van der Waals surface area contributed by atoms with Gasteiger partial charge in [0.1, 0.15) is 6.29 Å². The summed E-state index contributed by atoms with van der Waals surface area (Å²) in [6.07, 6.45) is 27.9. The first-order valence-corrected chi connectivity index (χ1v) is 11.8. The third-order valence-electron chi connectivity index (χ3n) is 5.20. The summed E-state index contributed by atoms with van der Waals surface area (Å²) in [4.78, 5) is 10.5. The minimum atomic E-state index is 0.382. The van der Waals surface area contributed by atoms with Crippen molar-refractivity contribution in [1.82, 2.24) is 0 Å².